The van der Waals surface area contributed by atoms with Gasteiger partial charge < -0.3 is 5.32 Å². The molecule has 7 heteroatoms. The standard InChI is InChI=1S/C15H24N4O2S/c1-11(19(2)9-7-13-16-8-10-22-13)14(20)18-15(21)17-12-5-3-4-6-12/h8,10-12H,3-7,9H2,1-2H3,(H2,17,18,20,21)/t11-/m0/s1. The van der Waals surface area contributed by atoms with Gasteiger partial charge in [0.05, 0.1) is 11.0 Å². The number of thiazole rings is 1. The fourth-order valence-corrected chi connectivity index (χ4v) is 3.16. The minimum atomic E-state index is -0.378. The van der Waals surface area contributed by atoms with Crippen molar-refractivity contribution in [2.24, 2.45) is 0 Å². The number of likely N-dealkylation sites (N-methyl/N-ethyl adjacent to an activating group) is 1. The van der Waals surface area contributed by atoms with Crippen LogP contribution in [-0.2, 0) is 11.2 Å². The summed E-state index contributed by atoms with van der Waals surface area (Å²) >= 11 is 1.61. The maximum Gasteiger partial charge on any atom is 0.321 e. The Labute approximate surface area is 135 Å². The molecule has 3 amide bonds. The summed E-state index contributed by atoms with van der Waals surface area (Å²) in [6, 6.07) is -0.517. The second-order valence-corrected chi connectivity index (χ2v) is 6.76. The molecule has 1 aromatic heterocycles. The molecule has 122 valence electrons. The molecule has 1 saturated carbocycles. The molecule has 0 radical (unpaired) electrons. The first-order valence-electron chi connectivity index (χ1n) is 7.76. The Kier molecular flexibility index (Phi) is 6.33. The van der Waals surface area contributed by atoms with Crippen molar-refractivity contribution in [3.05, 3.63) is 16.6 Å². The van der Waals surface area contributed by atoms with Gasteiger partial charge in [-0.15, -0.1) is 11.3 Å². The van der Waals surface area contributed by atoms with Crippen LogP contribution in [0.5, 0.6) is 0 Å². The Morgan fingerprint density at radius 3 is 2.82 bits per heavy atom. The van der Waals surface area contributed by atoms with E-state index < -0.39 is 0 Å². The molecule has 0 bridgehead atoms. The Morgan fingerprint density at radius 1 is 1.45 bits per heavy atom. The Hall–Kier alpha value is -1.47. The summed E-state index contributed by atoms with van der Waals surface area (Å²) in [5.41, 5.74) is 0. The molecule has 22 heavy (non-hydrogen) atoms. The van der Waals surface area contributed by atoms with Crippen LogP contribution in [0.4, 0.5) is 4.79 Å². The molecular formula is C15H24N4O2S. The number of nitrogens with one attached hydrogen (secondary N) is 2. The van der Waals surface area contributed by atoms with E-state index in [0.717, 1.165) is 43.7 Å². The molecule has 0 saturated heterocycles. The van der Waals surface area contributed by atoms with Crippen molar-refractivity contribution in [2.45, 2.75) is 51.1 Å². The van der Waals surface area contributed by atoms with Crippen LogP contribution in [0.2, 0.25) is 0 Å². The zero-order valence-electron chi connectivity index (χ0n) is 13.2. The average Bonchev–Trinajstić information content (AvgIpc) is 3.16. The van der Waals surface area contributed by atoms with Crippen LogP contribution in [0.15, 0.2) is 11.6 Å². The quantitative estimate of drug-likeness (QED) is 0.836. The van der Waals surface area contributed by atoms with E-state index in [4.69, 9.17) is 0 Å². The molecule has 2 rings (SSSR count). The number of hydrogen-bond donors (Lipinski definition) is 2. The molecule has 1 atom stereocenters. The molecule has 1 aliphatic rings. The Morgan fingerprint density at radius 2 is 2.18 bits per heavy atom. The zero-order valence-corrected chi connectivity index (χ0v) is 14.0. The first kappa shape index (κ1) is 16.9. The molecule has 2 N–H and O–H groups in total. The Bertz CT molecular complexity index is 486. The van der Waals surface area contributed by atoms with Gasteiger partial charge in [0.15, 0.2) is 0 Å². The van der Waals surface area contributed by atoms with E-state index in [9.17, 15) is 9.59 Å². The number of nitrogens with zero attached hydrogens (tertiary/aromatic N) is 2. The topological polar surface area (TPSA) is 74.3 Å². The third-order valence-corrected chi connectivity index (χ3v) is 4.97. The monoisotopic (exact) mass is 324 g/mol. The molecule has 0 spiro atoms. The lowest BCUT2D eigenvalue weighted by Gasteiger charge is -2.23. The van der Waals surface area contributed by atoms with Crippen LogP contribution in [0, 0.1) is 0 Å². The van der Waals surface area contributed by atoms with Crippen LogP contribution >= 0.6 is 11.3 Å². The molecule has 1 fully saturated rings. The maximum atomic E-state index is 12.1. The van der Waals surface area contributed by atoms with Gasteiger partial charge in [-0.1, -0.05) is 12.8 Å². The molecule has 0 aromatic carbocycles. The van der Waals surface area contributed by atoms with Gasteiger partial charge in [0.2, 0.25) is 5.91 Å². The SMILES string of the molecule is C[C@@H](C(=O)NC(=O)NC1CCCC1)N(C)CCc1nccs1. The lowest BCUT2D eigenvalue weighted by molar-refractivity contribution is -0.124. The van der Waals surface area contributed by atoms with E-state index in [0.29, 0.717) is 0 Å². The molecule has 1 aliphatic carbocycles. The highest BCUT2D eigenvalue weighted by Gasteiger charge is 2.22. The van der Waals surface area contributed by atoms with E-state index in [1.165, 1.54) is 0 Å². The van der Waals surface area contributed by atoms with Gasteiger partial charge in [-0.05, 0) is 26.8 Å². The first-order chi connectivity index (χ1) is 10.6. The average molecular weight is 324 g/mol. The molecule has 0 aliphatic heterocycles. The fourth-order valence-electron chi connectivity index (χ4n) is 2.55. The molecule has 1 heterocycles. The summed E-state index contributed by atoms with van der Waals surface area (Å²) in [5, 5.41) is 8.29. The van der Waals surface area contributed by atoms with Crippen molar-refractivity contribution in [3.8, 4) is 0 Å². The Balaban J connectivity index is 1.71. The number of hydrogen-bond acceptors (Lipinski definition) is 5. The summed E-state index contributed by atoms with van der Waals surface area (Å²) in [6.07, 6.45) is 6.89. The third-order valence-electron chi connectivity index (χ3n) is 4.13. The summed E-state index contributed by atoms with van der Waals surface area (Å²) in [7, 11) is 1.88. The third kappa shape index (κ3) is 5.06. The largest absolute Gasteiger partial charge is 0.335 e. The van der Waals surface area contributed by atoms with Gasteiger partial charge in [0, 0.05) is 30.6 Å². The van der Waals surface area contributed by atoms with Gasteiger partial charge in [0.1, 0.15) is 0 Å². The molecule has 6 nitrogen and oxygen atoms in total. The molecular weight excluding hydrogens is 300 g/mol. The van der Waals surface area contributed by atoms with Gasteiger partial charge in [-0.25, -0.2) is 9.78 Å². The fraction of sp³-hybridized carbons (Fsp3) is 0.667. The van der Waals surface area contributed by atoms with E-state index in [1.807, 2.05) is 17.3 Å². The van der Waals surface area contributed by atoms with Crippen molar-refractivity contribution in [3.63, 3.8) is 0 Å². The molecule has 0 unspecified atom stereocenters. The normalized spacial score (nSPS) is 16.7. The van der Waals surface area contributed by atoms with E-state index >= 15 is 0 Å². The summed E-state index contributed by atoms with van der Waals surface area (Å²) in [6.45, 7) is 2.53. The summed E-state index contributed by atoms with van der Waals surface area (Å²) < 4.78 is 0. The number of carbonyl (C=O) groups is 2. The van der Waals surface area contributed by atoms with Crippen LogP contribution < -0.4 is 10.6 Å². The maximum absolute atomic E-state index is 12.1. The van der Waals surface area contributed by atoms with Gasteiger partial charge in [-0.3, -0.25) is 15.0 Å². The van der Waals surface area contributed by atoms with Crippen LogP contribution in [0.3, 0.4) is 0 Å². The van der Waals surface area contributed by atoms with Gasteiger partial charge in [-0.2, -0.15) is 0 Å². The zero-order chi connectivity index (χ0) is 15.9. The number of rotatable bonds is 6. The second-order valence-electron chi connectivity index (χ2n) is 5.78. The highest BCUT2D eigenvalue weighted by atomic mass is 32.1. The van der Waals surface area contributed by atoms with E-state index in [1.54, 1.807) is 24.5 Å². The van der Waals surface area contributed by atoms with E-state index in [-0.39, 0.29) is 24.0 Å². The van der Waals surface area contributed by atoms with Gasteiger partial charge >= 0.3 is 6.03 Å². The second kappa shape index (κ2) is 8.24. The number of urea groups is 1. The number of aromatic nitrogens is 1. The van der Waals surface area contributed by atoms with Crippen molar-refractivity contribution < 1.29 is 9.59 Å². The van der Waals surface area contributed by atoms with Gasteiger partial charge in [0.25, 0.3) is 0 Å². The van der Waals surface area contributed by atoms with Crippen molar-refractivity contribution >= 4 is 23.3 Å². The smallest absolute Gasteiger partial charge is 0.321 e. The van der Waals surface area contributed by atoms with Crippen molar-refractivity contribution in [1.29, 1.82) is 0 Å². The van der Waals surface area contributed by atoms with Crippen LogP contribution in [0.25, 0.3) is 0 Å². The lowest BCUT2D eigenvalue weighted by atomic mass is 10.2. The number of imide groups is 1. The minimum absolute atomic E-state index is 0.214. The minimum Gasteiger partial charge on any atom is -0.335 e. The van der Waals surface area contributed by atoms with E-state index in [2.05, 4.69) is 15.6 Å². The predicted octanol–water partition coefficient (Wildman–Crippen LogP) is 1.77. The number of amides is 3. The summed E-state index contributed by atoms with van der Waals surface area (Å²) in [5.74, 6) is -0.267. The highest BCUT2D eigenvalue weighted by molar-refractivity contribution is 7.09. The van der Waals surface area contributed by atoms with Crippen molar-refractivity contribution in [1.82, 2.24) is 20.5 Å². The van der Waals surface area contributed by atoms with Crippen LogP contribution in [-0.4, -0.2) is 47.5 Å². The lowest BCUT2D eigenvalue weighted by Crippen LogP contribution is -2.50. The molecule has 1 aromatic rings. The predicted molar refractivity (Wildman–Crippen MR) is 86.8 cm³/mol. The van der Waals surface area contributed by atoms with Crippen molar-refractivity contribution in [2.75, 3.05) is 13.6 Å². The summed E-state index contributed by atoms with van der Waals surface area (Å²) in [4.78, 5) is 30.1. The highest BCUT2D eigenvalue weighted by Crippen LogP contribution is 2.17. The van der Waals surface area contributed by atoms with Crippen LogP contribution in [0.1, 0.15) is 37.6 Å². The first-order valence-corrected chi connectivity index (χ1v) is 8.64. The number of carbonyl (C=O) groups excluding carboxylic acids is 2.